The largest absolute Gasteiger partial charge is 0.382 e. The Balaban J connectivity index is 2.19. The molecule has 1 aromatic heterocycles. The average Bonchev–Trinajstić information content (AvgIpc) is 2.33. The van der Waals surface area contributed by atoms with E-state index in [1.54, 1.807) is 6.92 Å². The van der Waals surface area contributed by atoms with E-state index < -0.39 is 6.04 Å². The van der Waals surface area contributed by atoms with Gasteiger partial charge < -0.3 is 16.0 Å². The fourth-order valence-electron chi connectivity index (χ4n) is 1.66. The number of nitrogens with zero attached hydrogens (tertiary/aromatic N) is 3. The van der Waals surface area contributed by atoms with Crippen molar-refractivity contribution in [2.45, 2.75) is 13.0 Å². The van der Waals surface area contributed by atoms with Gasteiger partial charge in [0.25, 0.3) is 5.91 Å². The summed E-state index contributed by atoms with van der Waals surface area (Å²) in [5, 5.41) is 10.0. The number of nitrogens with two attached hydrogens (primary N) is 1. The summed E-state index contributed by atoms with van der Waals surface area (Å²) >= 11 is 0. The number of carbonyl (C=O) groups is 2. The van der Waals surface area contributed by atoms with Gasteiger partial charge in [-0.15, -0.1) is 10.2 Å². The van der Waals surface area contributed by atoms with Crippen LogP contribution >= 0.6 is 0 Å². The van der Waals surface area contributed by atoms with E-state index in [-0.39, 0.29) is 23.3 Å². The van der Waals surface area contributed by atoms with Gasteiger partial charge in [0.05, 0.1) is 0 Å². The van der Waals surface area contributed by atoms with Crippen LogP contribution < -0.4 is 11.1 Å². The summed E-state index contributed by atoms with van der Waals surface area (Å²) in [4.78, 5) is 25.0. The molecule has 0 radical (unpaired) electrons. The molecule has 1 unspecified atom stereocenters. The molecular weight excluding hydrogens is 222 g/mol. The third kappa shape index (κ3) is 2.17. The average molecular weight is 235 g/mol. The van der Waals surface area contributed by atoms with Crippen LogP contribution in [0.3, 0.4) is 0 Å². The van der Waals surface area contributed by atoms with Crippen molar-refractivity contribution >= 4 is 17.6 Å². The summed E-state index contributed by atoms with van der Waals surface area (Å²) < 4.78 is 0. The smallest absolute Gasteiger partial charge is 0.275 e. The lowest BCUT2D eigenvalue weighted by molar-refractivity contribution is -0.127. The fourth-order valence-corrected chi connectivity index (χ4v) is 1.66. The maximum atomic E-state index is 12.1. The SMILES string of the molecule is CC1C(=O)NCCN1C(=O)c1ccc(N)nn1. The van der Waals surface area contributed by atoms with E-state index in [9.17, 15) is 9.59 Å². The number of anilines is 1. The Labute approximate surface area is 98.0 Å². The summed E-state index contributed by atoms with van der Waals surface area (Å²) in [6, 6.07) is 2.52. The molecule has 3 N–H and O–H groups in total. The van der Waals surface area contributed by atoms with Crippen LogP contribution in [0.2, 0.25) is 0 Å². The molecule has 1 atom stereocenters. The molecule has 1 fully saturated rings. The summed E-state index contributed by atoms with van der Waals surface area (Å²) in [5.41, 5.74) is 5.59. The summed E-state index contributed by atoms with van der Waals surface area (Å²) in [5.74, 6) is -0.209. The van der Waals surface area contributed by atoms with Crippen LogP contribution in [0, 0.1) is 0 Å². The number of piperazine rings is 1. The lowest BCUT2D eigenvalue weighted by atomic mass is 10.2. The highest BCUT2D eigenvalue weighted by Crippen LogP contribution is 2.09. The number of hydrogen-bond donors (Lipinski definition) is 2. The first-order valence-electron chi connectivity index (χ1n) is 5.27. The van der Waals surface area contributed by atoms with Gasteiger partial charge in [-0.2, -0.15) is 0 Å². The van der Waals surface area contributed by atoms with Crippen molar-refractivity contribution < 1.29 is 9.59 Å². The molecular formula is C10H13N5O2. The van der Waals surface area contributed by atoms with E-state index >= 15 is 0 Å². The van der Waals surface area contributed by atoms with Crippen LogP contribution in [-0.2, 0) is 4.79 Å². The number of hydrogen-bond acceptors (Lipinski definition) is 5. The van der Waals surface area contributed by atoms with Crippen molar-refractivity contribution in [2.75, 3.05) is 18.8 Å². The molecule has 1 aromatic rings. The van der Waals surface area contributed by atoms with Gasteiger partial charge in [0, 0.05) is 13.1 Å². The summed E-state index contributed by atoms with van der Waals surface area (Å²) in [7, 11) is 0. The van der Waals surface area contributed by atoms with Crippen LogP contribution in [-0.4, -0.2) is 46.0 Å². The maximum absolute atomic E-state index is 12.1. The van der Waals surface area contributed by atoms with Crippen molar-refractivity contribution in [1.82, 2.24) is 20.4 Å². The Bertz CT molecular complexity index is 445. The molecule has 2 heterocycles. The molecule has 0 spiro atoms. The number of rotatable bonds is 1. The van der Waals surface area contributed by atoms with Gasteiger partial charge in [0.1, 0.15) is 11.9 Å². The Morgan fingerprint density at radius 2 is 2.29 bits per heavy atom. The Kier molecular flexibility index (Phi) is 2.90. The van der Waals surface area contributed by atoms with Crippen molar-refractivity contribution in [3.63, 3.8) is 0 Å². The van der Waals surface area contributed by atoms with Crippen LogP contribution in [0.5, 0.6) is 0 Å². The van der Waals surface area contributed by atoms with Crippen LogP contribution in [0.25, 0.3) is 0 Å². The van der Waals surface area contributed by atoms with Gasteiger partial charge in [-0.05, 0) is 19.1 Å². The number of aromatic nitrogens is 2. The first-order valence-corrected chi connectivity index (χ1v) is 5.27. The third-order valence-electron chi connectivity index (χ3n) is 2.66. The van der Waals surface area contributed by atoms with Crippen molar-refractivity contribution in [3.05, 3.63) is 17.8 Å². The van der Waals surface area contributed by atoms with E-state index in [4.69, 9.17) is 5.73 Å². The second kappa shape index (κ2) is 4.36. The number of amides is 2. The Morgan fingerprint density at radius 3 is 2.94 bits per heavy atom. The highest BCUT2D eigenvalue weighted by atomic mass is 16.2. The van der Waals surface area contributed by atoms with Crippen molar-refractivity contribution in [2.24, 2.45) is 0 Å². The highest BCUT2D eigenvalue weighted by Gasteiger charge is 2.30. The van der Waals surface area contributed by atoms with Crippen molar-refractivity contribution in [1.29, 1.82) is 0 Å². The van der Waals surface area contributed by atoms with Gasteiger partial charge in [0.15, 0.2) is 5.69 Å². The van der Waals surface area contributed by atoms with Gasteiger partial charge in [-0.1, -0.05) is 0 Å². The second-order valence-corrected chi connectivity index (χ2v) is 3.81. The molecule has 7 nitrogen and oxygen atoms in total. The first kappa shape index (κ1) is 11.3. The van der Waals surface area contributed by atoms with Crippen molar-refractivity contribution in [3.8, 4) is 0 Å². The molecule has 1 aliphatic rings. The number of nitrogens with one attached hydrogen (secondary N) is 1. The normalized spacial score (nSPS) is 19.9. The zero-order valence-corrected chi connectivity index (χ0v) is 9.38. The molecule has 0 aromatic carbocycles. The predicted octanol–water partition coefficient (Wildman–Crippen LogP) is -0.981. The van der Waals surface area contributed by atoms with Gasteiger partial charge in [-0.3, -0.25) is 9.59 Å². The van der Waals surface area contributed by atoms with E-state index in [0.717, 1.165) is 0 Å². The predicted molar refractivity (Wildman–Crippen MR) is 60.0 cm³/mol. The molecule has 2 amide bonds. The molecule has 17 heavy (non-hydrogen) atoms. The standard InChI is InChI=1S/C10H13N5O2/c1-6-9(16)12-4-5-15(6)10(17)7-2-3-8(11)14-13-7/h2-3,6H,4-5H2,1H3,(H2,11,14)(H,12,16). The zero-order chi connectivity index (χ0) is 12.4. The topological polar surface area (TPSA) is 101 Å². The Morgan fingerprint density at radius 1 is 1.53 bits per heavy atom. The van der Waals surface area contributed by atoms with E-state index in [1.165, 1.54) is 17.0 Å². The molecule has 90 valence electrons. The van der Waals surface area contributed by atoms with Crippen LogP contribution in [0.4, 0.5) is 5.82 Å². The Hall–Kier alpha value is -2.18. The highest BCUT2D eigenvalue weighted by molar-refractivity contribution is 5.96. The van der Waals surface area contributed by atoms with Gasteiger partial charge in [-0.25, -0.2) is 0 Å². The zero-order valence-electron chi connectivity index (χ0n) is 9.38. The molecule has 1 saturated heterocycles. The lowest BCUT2D eigenvalue weighted by Gasteiger charge is -2.32. The van der Waals surface area contributed by atoms with E-state index in [1.807, 2.05) is 0 Å². The molecule has 0 bridgehead atoms. The minimum atomic E-state index is -0.490. The second-order valence-electron chi connectivity index (χ2n) is 3.81. The molecule has 1 aliphatic heterocycles. The first-order chi connectivity index (χ1) is 8.09. The lowest BCUT2D eigenvalue weighted by Crippen LogP contribution is -2.56. The van der Waals surface area contributed by atoms with Crippen LogP contribution in [0.15, 0.2) is 12.1 Å². The molecule has 0 aliphatic carbocycles. The molecule has 0 saturated carbocycles. The van der Waals surface area contributed by atoms with Gasteiger partial charge >= 0.3 is 0 Å². The molecule has 2 rings (SSSR count). The quantitative estimate of drug-likeness (QED) is 0.651. The fraction of sp³-hybridized carbons (Fsp3) is 0.400. The minimum absolute atomic E-state index is 0.159. The minimum Gasteiger partial charge on any atom is -0.382 e. The van der Waals surface area contributed by atoms with E-state index in [0.29, 0.717) is 13.1 Å². The number of nitrogen functional groups attached to an aromatic ring is 1. The third-order valence-corrected chi connectivity index (χ3v) is 2.66. The molecule has 7 heteroatoms. The monoisotopic (exact) mass is 235 g/mol. The van der Waals surface area contributed by atoms with E-state index in [2.05, 4.69) is 15.5 Å². The summed E-state index contributed by atoms with van der Waals surface area (Å²) in [6.45, 7) is 2.60. The van der Waals surface area contributed by atoms with Crippen LogP contribution in [0.1, 0.15) is 17.4 Å². The maximum Gasteiger partial charge on any atom is 0.275 e. The number of carbonyl (C=O) groups excluding carboxylic acids is 2. The summed E-state index contributed by atoms with van der Waals surface area (Å²) in [6.07, 6.45) is 0. The van der Waals surface area contributed by atoms with Gasteiger partial charge in [0.2, 0.25) is 5.91 Å².